The lowest BCUT2D eigenvalue weighted by molar-refractivity contribution is 0.0989. The standard InChI is InChI=1S/C20H16N2O3S/c1-12(23)17-11-14-10-15(8-9-16(14)25-17)21-18-19(26-22(2)20(18)24)13-6-4-3-5-7-13/h3-11,21H,1-2H3. The molecule has 130 valence electrons. The second kappa shape index (κ2) is 6.31. The van der Waals surface area contributed by atoms with E-state index >= 15 is 0 Å². The first-order valence-electron chi connectivity index (χ1n) is 8.10. The third kappa shape index (κ3) is 2.84. The number of anilines is 2. The number of aryl methyl sites for hydroxylation is 1. The zero-order valence-corrected chi connectivity index (χ0v) is 15.1. The lowest BCUT2D eigenvalue weighted by atomic mass is 10.1. The maximum absolute atomic E-state index is 12.6. The lowest BCUT2D eigenvalue weighted by Gasteiger charge is -2.06. The van der Waals surface area contributed by atoms with Crippen LogP contribution in [0.3, 0.4) is 0 Å². The molecule has 4 rings (SSSR count). The van der Waals surface area contributed by atoms with Gasteiger partial charge in [-0.05, 0) is 29.8 Å². The normalized spacial score (nSPS) is 11.0. The number of benzene rings is 2. The summed E-state index contributed by atoms with van der Waals surface area (Å²) in [5.41, 5.74) is 2.85. The van der Waals surface area contributed by atoms with E-state index in [-0.39, 0.29) is 11.3 Å². The molecule has 0 amide bonds. The zero-order valence-electron chi connectivity index (χ0n) is 14.3. The molecule has 0 saturated heterocycles. The molecule has 2 aromatic heterocycles. The second-order valence-corrected chi connectivity index (χ2v) is 7.15. The summed E-state index contributed by atoms with van der Waals surface area (Å²) in [6.07, 6.45) is 0. The average molecular weight is 364 g/mol. The van der Waals surface area contributed by atoms with Crippen LogP contribution in [0.4, 0.5) is 11.4 Å². The van der Waals surface area contributed by atoms with Crippen molar-refractivity contribution in [1.82, 2.24) is 3.96 Å². The Bertz CT molecular complexity index is 1170. The average Bonchev–Trinajstić information content (AvgIpc) is 3.19. The fraction of sp³-hybridized carbons (Fsp3) is 0.100. The number of rotatable bonds is 4. The van der Waals surface area contributed by atoms with E-state index in [0.29, 0.717) is 17.0 Å². The predicted octanol–water partition coefficient (Wildman–Crippen LogP) is 4.81. The molecule has 5 nitrogen and oxygen atoms in total. The fourth-order valence-corrected chi connectivity index (χ4v) is 3.73. The quantitative estimate of drug-likeness (QED) is 0.528. The van der Waals surface area contributed by atoms with Gasteiger partial charge in [0, 0.05) is 25.0 Å². The molecule has 0 aliphatic carbocycles. The van der Waals surface area contributed by atoms with Crippen LogP contribution in [0.5, 0.6) is 0 Å². The number of nitrogens with zero attached hydrogens (tertiary/aromatic N) is 1. The Morgan fingerprint density at radius 3 is 2.62 bits per heavy atom. The minimum absolute atomic E-state index is 0.0782. The first-order chi connectivity index (χ1) is 12.5. The molecule has 1 N–H and O–H groups in total. The van der Waals surface area contributed by atoms with Crippen molar-refractivity contribution >= 4 is 39.7 Å². The molecule has 4 aromatic rings. The minimum atomic E-state index is -0.117. The third-order valence-corrected chi connectivity index (χ3v) is 5.19. The Hall–Kier alpha value is -3.12. The highest BCUT2D eigenvalue weighted by atomic mass is 32.1. The third-order valence-electron chi connectivity index (χ3n) is 4.12. The van der Waals surface area contributed by atoms with Gasteiger partial charge in [0.2, 0.25) is 0 Å². The van der Waals surface area contributed by atoms with Crippen LogP contribution in [0.1, 0.15) is 17.5 Å². The minimum Gasteiger partial charge on any atom is -0.453 e. The van der Waals surface area contributed by atoms with Gasteiger partial charge in [-0.25, -0.2) is 0 Å². The topological polar surface area (TPSA) is 64.2 Å². The Kier molecular flexibility index (Phi) is 3.97. The summed E-state index contributed by atoms with van der Waals surface area (Å²) >= 11 is 1.40. The van der Waals surface area contributed by atoms with Gasteiger partial charge in [-0.3, -0.25) is 13.5 Å². The second-order valence-electron chi connectivity index (χ2n) is 6.01. The molecule has 2 aromatic carbocycles. The monoisotopic (exact) mass is 364 g/mol. The number of ketones is 1. The number of Topliss-reactive ketones (excluding diaryl/α,β-unsaturated/α-hetero) is 1. The molecule has 0 saturated carbocycles. The van der Waals surface area contributed by atoms with Crippen molar-refractivity contribution in [1.29, 1.82) is 0 Å². The van der Waals surface area contributed by atoms with Gasteiger partial charge in [-0.15, -0.1) is 0 Å². The zero-order chi connectivity index (χ0) is 18.3. The molecule has 0 aliphatic rings. The SMILES string of the molecule is CC(=O)c1cc2cc(Nc3c(-c4ccccc4)sn(C)c3=O)ccc2o1. The Labute approximate surface area is 153 Å². The number of carbonyl (C=O) groups excluding carboxylic acids is 1. The van der Waals surface area contributed by atoms with Crippen molar-refractivity contribution in [2.45, 2.75) is 6.92 Å². The van der Waals surface area contributed by atoms with Crippen LogP contribution >= 0.6 is 11.5 Å². The molecule has 2 heterocycles. The Morgan fingerprint density at radius 2 is 1.88 bits per heavy atom. The Morgan fingerprint density at radius 1 is 1.12 bits per heavy atom. The van der Waals surface area contributed by atoms with Gasteiger partial charge in [0.1, 0.15) is 11.3 Å². The predicted molar refractivity (Wildman–Crippen MR) is 104 cm³/mol. The number of carbonyl (C=O) groups is 1. The van der Waals surface area contributed by atoms with E-state index in [0.717, 1.165) is 21.5 Å². The summed E-state index contributed by atoms with van der Waals surface area (Å²) in [5, 5.41) is 4.05. The number of furan rings is 1. The number of hydrogen-bond acceptors (Lipinski definition) is 5. The smallest absolute Gasteiger partial charge is 0.284 e. The van der Waals surface area contributed by atoms with Crippen LogP contribution in [0.15, 0.2) is 63.8 Å². The van der Waals surface area contributed by atoms with Gasteiger partial charge in [-0.1, -0.05) is 41.9 Å². The van der Waals surface area contributed by atoms with Gasteiger partial charge in [0.25, 0.3) is 5.56 Å². The van der Waals surface area contributed by atoms with E-state index in [1.165, 1.54) is 18.5 Å². The van der Waals surface area contributed by atoms with E-state index in [2.05, 4.69) is 5.32 Å². The van der Waals surface area contributed by atoms with Crippen LogP contribution in [0, 0.1) is 0 Å². The molecule has 0 spiro atoms. The molecular formula is C20H16N2O3S. The highest BCUT2D eigenvalue weighted by Crippen LogP contribution is 2.33. The highest BCUT2D eigenvalue weighted by Gasteiger charge is 2.16. The van der Waals surface area contributed by atoms with Gasteiger partial charge < -0.3 is 9.73 Å². The molecule has 26 heavy (non-hydrogen) atoms. The van der Waals surface area contributed by atoms with Crippen LogP contribution in [-0.2, 0) is 7.05 Å². The van der Waals surface area contributed by atoms with E-state index in [9.17, 15) is 9.59 Å². The van der Waals surface area contributed by atoms with Crippen molar-refractivity contribution in [2.75, 3.05) is 5.32 Å². The van der Waals surface area contributed by atoms with E-state index in [4.69, 9.17) is 4.42 Å². The van der Waals surface area contributed by atoms with Gasteiger partial charge in [0.15, 0.2) is 11.5 Å². The lowest BCUT2D eigenvalue weighted by Crippen LogP contribution is -2.12. The number of aromatic nitrogens is 1. The maximum atomic E-state index is 12.6. The summed E-state index contributed by atoms with van der Waals surface area (Å²) in [6, 6.07) is 17.0. The van der Waals surface area contributed by atoms with Crippen LogP contribution in [0.2, 0.25) is 0 Å². The molecule has 0 unspecified atom stereocenters. The van der Waals surface area contributed by atoms with Crippen molar-refractivity contribution in [3.63, 3.8) is 0 Å². The summed E-state index contributed by atoms with van der Waals surface area (Å²) < 4.78 is 7.12. The first kappa shape index (κ1) is 16.4. The first-order valence-corrected chi connectivity index (χ1v) is 8.87. The largest absolute Gasteiger partial charge is 0.453 e. The molecule has 0 aliphatic heterocycles. The molecule has 0 fully saturated rings. The molecule has 0 atom stereocenters. The summed E-state index contributed by atoms with van der Waals surface area (Å²) in [7, 11) is 1.75. The maximum Gasteiger partial charge on any atom is 0.284 e. The van der Waals surface area contributed by atoms with Gasteiger partial charge >= 0.3 is 0 Å². The molecule has 0 bridgehead atoms. The van der Waals surface area contributed by atoms with Crippen LogP contribution in [-0.4, -0.2) is 9.74 Å². The number of nitrogens with one attached hydrogen (secondary N) is 1. The van der Waals surface area contributed by atoms with Crippen LogP contribution in [0.25, 0.3) is 21.4 Å². The fourth-order valence-electron chi connectivity index (χ4n) is 2.81. The molecule has 6 heteroatoms. The van der Waals surface area contributed by atoms with Crippen molar-refractivity contribution in [2.24, 2.45) is 7.05 Å². The summed E-state index contributed by atoms with van der Waals surface area (Å²) in [5.74, 6) is 0.211. The van der Waals surface area contributed by atoms with Crippen molar-refractivity contribution in [3.05, 3.63) is 70.7 Å². The Balaban J connectivity index is 1.77. The van der Waals surface area contributed by atoms with Gasteiger partial charge in [-0.2, -0.15) is 0 Å². The number of fused-ring (bicyclic) bond motifs is 1. The number of hydrogen-bond donors (Lipinski definition) is 1. The van der Waals surface area contributed by atoms with E-state index < -0.39 is 0 Å². The van der Waals surface area contributed by atoms with Crippen molar-refractivity contribution in [3.8, 4) is 10.4 Å². The summed E-state index contributed by atoms with van der Waals surface area (Å²) in [4.78, 5) is 24.9. The van der Waals surface area contributed by atoms with E-state index in [1.54, 1.807) is 23.1 Å². The summed E-state index contributed by atoms with van der Waals surface area (Å²) in [6.45, 7) is 1.47. The van der Waals surface area contributed by atoms with Crippen molar-refractivity contribution < 1.29 is 9.21 Å². The molecular weight excluding hydrogens is 348 g/mol. The van der Waals surface area contributed by atoms with Crippen LogP contribution < -0.4 is 10.9 Å². The molecule has 0 radical (unpaired) electrons. The van der Waals surface area contributed by atoms with E-state index in [1.807, 2.05) is 42.5 Å². The van der Waals surface area contributed by atoms with Gasteiger partial charge in [0.05, 0.1) is 4.88 Å². The highest BCUT2D eigenvalue weighted by molar-refractivity contribution is 7.10.